The summed E-state index contributed by atoms with van der Waals surface area (Å²) in [6.45, 7) is 5.01. The van der Waals surface area contributed by atoms with Gasteiger partial charge in [-0.25, -0.2) is 13.1 Å². The third-order valence-corrected chi connectivity index (χ3v) is 9.01. The van der Waals surface area contributed by atoms with Crippen molar-refractivity contribution >= 4 is 45.0 Å². The maximum atomic E-state index is 12.9. The lowest BCUT2D eigenvalue weighted by Gasteiger charge is -2.32. The third kappa shape index (κ3) is 5.85. The van der Waals surface area contributed by atoms with E-state index in [4.69, 9.17) is 11.6 Å². The lowest BCUT2D eigenvalue weighted by Crippen LogP contribution is -2.38. The van der Waals surface area contributed by atoms with Gasteiger partial charge in [0.25, 0.3) is 0 Å². The van der Waals surface area contributed by atoms with E-state index in [1.807, 2.05) is 25.1 Å². The first-order valence-electron chi connectivity index (χ1n) is 10.8. The normalized spacial score (nSPS) is 20.4. The molecule has 32 heavy (non-hydrogen) atoms. The summed E-state index contributed by atoms with van der Waals surface area (Å²) < 4.78 is 28.5. The molecule has 2 heterocycles. The van der Waals surface area contributed by atoms with E-state index < -0.39 is 10.0 Å². The number of thioether (sulfide) groups is 1. The fourth-order valence-electron chi connectivity index (χ4n) is 4.00. The Morgan fingerprint density at radius 1 is 1.19 bits per heavy atom. The Morgan fingerprint density at radius 3 is 2.72 bits per heavy atom. The summed E-state index contributed by atoms with van der Waals surface area (Å²) in [5, 5.41) is 3.60. The predicted octanol–water partition coefficient (Wildman–Crippen LogP) is 4.21. The van der Waals surface area contributed by atoms with Crippen LogP contribution in [0.1, 0.15) is 25.3 Å². The van der Waals surface area contributed by atoms with Gasteiger partial charge in [-0.15, -0.1) is 11.8 Å². The highest BCUT2D eigenvalue weighted by Gasteiger charge is 2.25. The average molecular weight is 494 g/mol. The van der Waals surface area contributed by atoms with E-state index in [1.54, 1.807) is 30.0 Å². The van der Waals surface area contributed by atoms with Gasteiger partial charge in [-0.3, -0.25) is 9.69 Å². The van der Waals surface area contributed by atoms with Crippen LogP contribution < -0.4 is 10.0 Å². The van der Waals surface area contributed by atoms with Crippen LogP contribution in [0.3, 0.4) is 0 Å². The number of halogens is 1. The van der Waals surface area contributed by atoms with Gasteiger partial charge in [0.1, 0.15) is 0 Å². The highest BCUT2D eigenvalue weighted by atomic mass is 35.5. The Morgan fingerprint density at radius 2 is 1.97 bits per heavy atom. The number of amides is 1. The molecular formula is C23H28ClN3O3S2. The number of nitrogens with zero attached hydrogens (tertiary/aromatic N) is 1. The zero-order chi connectivity index (χ0) is 22.7. The van der Waals surface area contributed by atoms with Crippen molar-refractivity contribution in [2.45, 2.75) is 36.1 Å². The number of rotatable bonds is 6. The van der Waals surface area contributed by atoms with Crippen molar-refractivity contribution in [1.29, 1.82) is 0 Å². The fourth-order valence-corrected chi connectivity index (χ4v) is 6.36. The van der Waals surface area contributed by atoms with Crippen molar-refractivity contribution in [3.63, 3.8) is 0 Å². The van der Waals surface area contributed by atoms with Gasteiger partial charge in [-0.1, -0.05) is 30.7 Å². The van der Waals surface area contributed by atoms with E-state index >= 15 is 0 Å². The van der Waals surface area contributed by atoms with Crippen molar-refractivity contribution in [2.24, 2.45) is 11.8 Å². The average Bonchev–Trinajstić information content (AvgIpc) is 2.91. The quantitative estimate of drug-likeness (QED) is 0.630. The Bertz CT molecular complexity index is 1090. The molecule has 2 aromatic rings. The molecule has 0 saturated carbocycles. The number of carbonyl (C=O) groups excluding carboxylic acids is 1. The van der Waals surface area contributed by atoms with Gasteiger partial charge >= 0.3 is 0 Å². The lowest BCUT2D eigenvalue weighted by molar-refractivity contribution is -0.118. The molecule has 4 rings (SSSR count). The van der Waals surface area contributed by atoms with E-state index in [0.29, 0.717) is 23.9 Å². The molecule has 0 aliphatic carbocycles. The number of fused-ring (bicyclic) bond motifs is 1. The molecule has 0 radical (unpaired) electrons. The zero-order valence-corrected chi connectivity index (χ0v) is 20.4. The molecule has 1 amide bonds. The van der Waals surface area contributed by atoms with Crippen molar-refractivity contribution < 1.29 is 13.2 Å². The van der Waals surface area contributed by atoms with Crippen molar-refractivity contribution in [1.82, 2.24) is 9.62 Å². The standard InChI is InChI=1S/C23H28ClN3O3S2/c1-16-15-31-22-6-5-20(12-21(22)26-23(16)28)32(29,30)25-13-17-7-9-27(10-8-17)14-18-3-2-4-19(24)11-18/h2-6,11-12,16-17,25H,7-10,13-15H2,1H3,(H,26,28). The van der Waals surface area contributed by atoms with Crippen LogP contribution >= 0.6 is 23.4 Å². The van der Waals surface area contributed by atoms with Gasteiger partial charge in [-0.2, -0.15) is 0 Å². The highest BCUT2D eigenvalue weighted by molar-refractivity contribution is 7.99. The third-order valence-electron chi connectivity index (χ3n) is 6.02. The zero-order valence-electron chi connectivity index (χ0n) is 18.0. The van der Waals surface area contributed by atoms with E-state index in [0.717, 1.165) is 42.4 Å². The number of nitrogens with one attached hydrogen (secondary N) is 2. The van der Waals surface area contributed by atoms with Crippen LogP contribution in [0.25, 0.3) is 0 Å². The van der Waals surface area contributed by atoms with Crippen LogP contribution in [-0.4, -0.2) is 44.6 Å². The number of carbonyl (C=O) groups is 1. The minimum atomic E-state index is -3.64. The summed E-state index contributed by atoms with van der Waals surface area (Å²) in [6.07, 6.45) is 1.88. The first kappa shape index (κ1) is 23.6. The minimum absolute atomic E-state index is 0.0803. The van der Waals surface area contributed by atoms with Crippen LogP contribution in [0, 0.1) is 11.8 Å². The van der Waals surface area contributed by atoms with Crippen LogP contribution in [-0.2, 0) is 21.4 Å². The smallest absolute Gasteiger partial charge is 0.240 e. The summed E-state index contributed by atoms with van der Waals surface area (Å²) in [7, 11) is -3.64. The first-order valence-corrected chi connectivity index (χ1v) is 13.7. The maximum absolute atomic E-state index is 12.9. The second-order valence-electron chi connectivity index (χ2n) is 8.56. The monoisotopic (exact) mass is 493 g/mol. The topological polar surface area (TPSA) is 78.5 Å². The molecule has 6 nitrogen and oxygen atoms in total. The van der Waals surface area contributed by atoms with Crippen LogP contribution in [0.5, 0.6) is 0 Å². The maximum Gasteiger partial charge on any atom is 0.240 e. The number of anilines is 1. The van der Waals surface area contributed by atoms with Crippen molar-refractivity contribution in [3.8, 4) is 0 Å². The van der Waals surface area contributed by atoms with Gasteiger partial charge in [0.15, 0.2) is 0 Å². The Balaban J connectivity index is 1.31. The van der Waals surface area contributed by atoms with Crippen molar-refractivity contribution in [2.75, 3.05) is 30.7 Å². The first-order chi connectivity index (χ1) is 15.3. The largest absolute Gasteiger partial charge is 0.325 e. The van der Waals surface area contributed by atoms with Gasteiger partial charge in [0.05, 0.1) is 10.6 Å². The molecule has 1 saturated heterocycles. The number of sulfonamides is 1. The SMILES string of the molecule is CC1CSc2ccc(S(=O)(=O)NCC3CCN(Cc4cccc(Cl)c4)CC3)cc2NC1=O. The van der Waals surface area contributed by atoms with Gasteiger partial charge < -0.3 is 5.32 Å². The van der Waals surface area contributed by atoms with Crippen molar-refractivity contribution in [3.05, 3.63) is 53.1 Å². The number of likely N-dealkylation sites (tertiary alicyclic amines) is 1. The highest BCUT2D eigenvalue weighted by Crippen LogP contribution is 2.34. The molecule has 172 valence electrons. The Hall–Kier alpha value is -1.58. The molecule has 0 aromatic heterocycles. The molecule has 2 aromatic carbocycles. The van der Waals surface area contributed by atoms with E-state index in [1.165, 1.54) is 5.56 Å². The summed E-state index contributed by atoms with van der Waals surface area (Å²) in [4.78, 5) is 15.6. The van der Waals surface area contributed by atoms with Crippen LogP contribution in [0.4, 0.5) is 5.69 Å². The molecular weight excluding hydrogens is 466 g/mol. The molecule has 0 spiro atoms. The summed E-state index contributed by atoms with van der Waals surface area (Å²) >= 11 is 7.64. The summed E-state index contributed by atoms with van der Waals surface area (Å²) in [5.41, 5.74) is 1.76. The number of benzene rings is 2. The van der Waals surface area contributed by atoms with Gasteiger partial charge in [0.2, 0.25) is 15.9 Å². The minimum Gasteiger partial charge on any atom is -0.325 e. The molecule has 0 bridgehead atoms. The fraction of sp³-hybridized carbons (Fsp3) is 0.435. The van der Waals surface area contributed by atoms with Gasteiger partial charge in [0, 0.05) is 34.7 Å². The second-order valence-corrected chi connectivity index (χ2v) is 11.8. The van der Waals surface area contributed by atoms with E-state index in [9.17, 15) is 13.2 Å². The molecule has 1 atom stereocenters. The second kappa shape index (κ2) is 10.1. The van der Waals surface area contributed by atoms with Gasteiger partial charge in [-0.05, 0) is 67.7 Å². The molecule has 1 unspecified atom stereocenters. The summed E-state index contributed by atoms with van der Waals surface area (Å²) in [6, 6.07) is 12.9. The Labute approximate surface area is 199 Å². The van der Waals surface area contributed by atoms with Crippen LogP contribution in [0.15, 0.2) is 52.3 Å². The molecule has 2 aliphatic rings. The van der Waals surface area contributed by atoms with E-state index in [-0.39, 0.29) is 16.7 Å². The molecule has 9 heteroatoms. The Kier molecular flexibility index (Phi) is 7.47. The summed E-state index contributed by atoms with van der Waals surface area (Å²) in [5.74, 6) is 0.787. The molecule has 1 fully saturated rings. The van der Waals surface area contributed by atoms with E-state index in [2.05, 4.69) is 21.0 Å². The predicted molar refractivity (Wildman–Crippen MR) is 130 cm³/mol. The number of piperidine rings is 1. The molecule has 2 aliphatic heterocycles. The number of hydrogen-bond donors (Lipinski definition) is 2. The number of hydrogen-bond acceptors (Lipinski definition) is 5. The van der Waals surface area contributed by atoms with Crippen LogP contribution in [0.2, 0.25) is 5.02 Å². The lowest BCUT2D eigenvalue weighted by atomic mass is 9.97. The molecule has 2 N–H and O–H groups in total.